The molecule has 0 unspecified atom stereocenters. The van der Waals surface area contributed by atoms with Crippen LogP contribution in [0.5, 0.6) is 0 Å². The van der Waals surface area contributed by atoms with Gasteiger partial charge in [-0.15, -0.1) is 0 Å². The number of rotatable bonds is 4. The molecule has 0 heterocycles. The molecule has 0 bridgehead atoms. The topological polar surface area (TPSA) is 133 Å². The molecule has 0 aromatic heterocycles. The quantitative estimate of drug-likeness (QED) is 0.353. The third-order valence-electron chi connectivity index (χ3n) is 0.577. The Kier molecular flexibility index (Phi) is 36.6. The number of nitrogens with one attached hydrogen (secondary N) is 1. The molecule has 0 atom stereocenters. The molecule has 7 nitrogen and oxygen atoms in total. The van der Waals surface area contributed by atoms with E-state index in [0.29, 0.717) is 13.1 Å². The number of aliphatic hydroxyl groups excluding tert-OH is 2. The largest absolute Gasteiger partial charge is 2.00 e. The first-order valence-electron chi connectivity index (χ1n) is 4.16. The molecule has 0 aromatic rings. The summed E-state index contributed by atoms with van der Waals surface area (Å²) in [5.74, 6) is -2.17. The maximum atomic E-state index is 8.89. The Morgan fingerprint density at radius 2 is 1.19 bits per heavy atom. The molecule has 1 radical (unpaired) electrons. The summed E-state index contributed by atoms with van der Waals surface area (Å²) in [5.41, 5.74) is 0. The van der Waals surface area contributed by atoms with E-state index in [-0.39, 0.29) is 30.3 Å². The van der Waals surface area contributed by atoms with Gasteiger partial charge in [-0.25, -0.2) is 0 Å². The van der Waals surface area contributed by atoms with Crippen LogP contribution in [0.1, 0.15) is 13.8 Å². The molecule has 8 heteroatoms. The fourth-order valence-electron chi connectivity index (χ4n) is 0.283. The van der Waals surface area contributed by atoms with E-state index in [0.717, 1.165) is 13.8 Å². The van der Waals surface area contributed by atoms with Gasteiger partial charge < -0.3 is 35.3 Å². The van der Waals surface area contributed by atoms with Crippen molar-refractivity contribution in [3.63, 3.8) is 0 Å². The molecule has 0 saturated heterocycles. The molecule has 0 saturated carbocycles. The molecular formula is C8H17MnNO6. The summed E-state index contributed by atoms with van der Waals surface area (Å²) in [6.07, 6.45) is 0. The van der Waals surface area contributed by atoms with E-state index < -0.39 is 11.9 Å². The molecule has 3 N–H and O–H groups in total. The second-order valence-electron chi connectivity index (χ2n) is 2.18. The summed E-state index contributed by atoms with van der Waals surface area (Å²) in [4.78, 5) is 17.8. The molecule has 0 spiro atoms. The van der Waals surface area contributed by atoms with Crippen molar-refractivity contribution in [3.05, 3.63) is 0 Å². The molecule has 0 amide bonds. The summed E-state index contributed by atoms with van der Waals surface area (Å²) >= 11 is 0. The van der Waals surface area contributed by atoms with E-state index in [1.54, 1.807) is 0 Å². The fraction of sp³-hybridized carbons (Fsp3) is 0.750. The second kappa shape index (κ2) is 23.9. The SMILES string of the molecule is CC(=O)[O-].CC(=O)[O-].OCCNCCO.[Mn+2]. The van der Waals surface area contributed by atoms with Crippen LogP contribution in [0.25, 0.3) is 0 Å². The number of carbonyl (C=O) groups excluding carboxylic acids is 2. The van der Waals surface area contributed by atoms with Gasteiger partial charge in [-0.3, -0.25) is 0 Å². The van der Waals surface area contributed by atoms with Gasteiger partial charge in [0.15, 0.2) is 0 Å². The predicted molar refractivity (Wildman–Crippen MR) is 48.4 cm³/mol. The third kappa shape index (κ3) is 182. The average Bonchev–Trinajstić information content (AvgIpc) is 2.03. The van der Waals surface area contributed by atoms with Crippen LogP contribution in [0.15, 0.2) is 0 Å². The second-order valence-corrected chi connectivity index (χ2v) is 2.18. The maximum absolute atomic E-state index is 8.89. The van der Waals surface area contributed by atoms with Gasteiger partial charge in [-0.2, -0.15) is 0 Å². The van der Waals surface area contributed by atoms with Crippen molar-refractivity contribution in [3.8, 4) is 0 Å². The van der Waals surface area contributed by atoms with E-state index in [4.69, 9.17) is 30.0 Å². The number of carboxylic acid groups (broad SMARTS) is 2. The minimum atomic E-state index is -1.08. The van der Waals surface area contributed by atoms with Crippen LogP contribution in [0.2, 0.25) is 0 Å². The zero-order chi connectivity index (χ0) is 12.7. The van der Waals surface area contributed by atoms with E-state index in [2.05, 4.69) is 5.32 Å². The molecule has 0 aromatic carbocycles. The number of hydrogen-bond donors (Lipinski definition) is 3. The monoisotopic (exact) mass is 278 g/mol. The van der Waals surface area contributed by atoms with Crippen LogP contribution < -0.4 is 15.5 Å². The molecule has 0 fully saturated rings. The molecular weight excluding hydrogens is 261 g/mol. The maximum Gasteiger partial charge on any atom is 2.00 e. The van der Waals surface area contributed by atoms with Gasteiger partial charge in [0.05, 0.1) is 13.2 Å². The minimum Gasteiger partial charge on any atom is -0.550 e. The Labute approximate surface area is 105 Å². The zero-order valence-electron chi connectivity index (χ0n) is 9.23. The number of hydrogen-bond acceptors (Lipinski definition) is 7. The van der Waals surface area contributed by atoms with Crippen LogP contribution in [-0.4, -0.2) is 48.5 Å². The van der Waals surface area contributed by atoms with Crippen molar-refractivity contribution >= 4 is 11.9 Å². The average molecular weight is 278 g/mol. The Morgan fingerprint density at radius 3 is 1.31 bits per heavy atom. The minimum absolute atomic E-state index is 0. The molecule has 16 heavy (non-hydrogen) atoms. The summed E-state index contributed by atoms with van der Waals surface area (Å²) in [7, 11) is 0. The smallest absolute Gasteiger partial charge is 0.550 e. The van der Waals surface area contributed by atoms with Crippen molar-refractivity contribution in [2.45, 2.75) is 13.8 Å². The molecule has 0 aliphatic rings. The Balaban J connectivity index is -0.0000000700. The first-order valence-corrected chi connectivity index (χ1v) is 4.16. The van der Waals surface area contributed by atoms with Crippen molar-refractivity contribution in [1.29, 1.82) is 0 Å². The van der Waals surface area contributed by atoms with Gasteiger partial charge in [0.2, 0.25) is 0 Å². The van der Waals surface area contributed by atoms with Gasteiger partial charge in [0.25, 0.3) is 0 Å². The number of carboxylic acids is 2. The van der Waals surface area contributed by atoms with E-state index >= 15 is 0 Å². The Hall–Kier alpha value is -0.661. The van der Waals surface area contributed by atoms with Crippen LogP contribution in [-0.2, 0) is 26.7 Å². The summed E-state index contributed by atoms with van der Waals surface area (Å²) in [6.45, 7) is 3.36. The van der Waals surface area contributed by atoms with Crippen LogP contribution in [0.3, 0.4) is 0 Å². The van der Waals surface area contributed by atoms with Crippen molar-refractivity contribution in [2.24, 2.45) is 0 Å². The first-order chi connectivity index (χ1) is 6.88. The Morgan fingerprint density at radius 1 is 1.00 bits per heavy atom. The molecule has 0 rings (SSSR count). The Bertz CT molecular complexity index is 131. The standard InChI is InChI=1S/C4H11NO2.2C2H4O2.Mn/c6-3-1-5-2-4-7;2*1-2(3)4;/h5-7H,1-4H2;2*1H3,(H,3,4);/q;;;+2/p-2. The van der Waals surface area contributed by atoms with E-state index in [9.17, 15) is 0 Å². The normalized spacial score (nSPS) is 7.25. The summed E-state index contributed by atoms with van der Waals surface area (Å²) < 4.78 is 0. The first kappa shape index (κ1) is 24.5. The zero-order valence-corrected chi connectivity index (χ0v) is 10.4. The van der Waals surface area contributed by atoms with Crippen molar-refractivity contribution in [1.82, 2.24) is 5.32 Å². The van der Waals surface area contributed by atoms with Crippen molar-refractivity contribution in [2.75, 3.05) is 26.3 Å². The van der Waals surface area contributed by atoms with Gasteiger partial charge in [0.1, 0.15) is 0 Å². The van der Waals surface area contributed by atoms with Gasteiger partial charge in [-0.1, -0.05) is 0 Å². The van der Waals surface area contributed by atoms with E-state index in [1.807, 2.05) is 0 Å². The fourth-order valence-corrected chi connectivity index (χ4v) is 0.283. The van der Waals surface area contributed by atoms with Crippen molar-refractivity contribution < 1.29 is 47.1 Å². The van der Waals surface area contributed by atoms with Crippen LogP contribution >= 0.6 is 0 Å². The predicted octanol–water partition coefficient (Wildman–Crippen LogP) is -3.93. The number of aliphatic hydroxyl groups is 2. The number of aliphatic carboxylic acids is 2. The van der Waals surface area contributed by atoms with E-state index in [1.165, 1.54) is 0 Å². The summed E-state index contributed by atoms with van der Waals surface area (Å²) in [6, 6.07) is 0. The van der Waals surface area contributed by atoms with Crippen LogP contribution in [0.4, 0.5) is 0 Å². The van der Waals surface area contributed by atoms with Gasteiger partial charge in [-0.05, 0) is 13.8 Å². The molecule has 0 aliphatic heterocycles. The number of carbonyl (C=O) groups is 2. The molecule has 97 valence electrons. The van der Waals surface area contributed by atoms with Crippen LogP contribution in [0, 0.1) is 0 Å². The van der Waals surface area contributed by atoms with Gasteiger partial charge in [0, 0.05) is 25.0 Å². The summed E-state index contributed by atoms with van der Waals surface area (Å²) in [5, 5.41) is 36.9. The van der Waals surface area contributed by atoms with Gasteiger partial charge >= 0.3 is 17.1 Å². The third-order valence-corrected chi connectivity index (χ3v) is 0.577. The molecule has 0 aliphatic carbocycles.